The Hall–Kier alpha value is -3.76. The van der Waals surface area contributed by atoms with Gasteiger partial charge in [0.05, 0.1) is 42.9 Å². The summed E-state index contributed by atoms with van der Waals surface area (Å²) in [7, 11) is -0.641. The van der Waals surface area contributed by atoms with E-state index in [9.17, 15) is 13.2 Å². The van der Waals surface area contributed by atoms with E-state index in [-0.39, 0.29) is 23.4 Å². The number of carbonyl (C=O) groups is 2. The second-order valence-electron chi connectivity index (χ2n) is 14.3. The van der Waals surface area contributed by atoms with E-state index >= 15 is 4.79 Å². The molecule has 0 saturated carbocycles. The van der Waals surface area contributed by atoms with Crippen LogP contribution in [0, 0.1) is 0 Å². The third-order valence-electron chi connectivity index (χ3n) is 10.6. The Morgan fingerprint density at radius 1 is 0.807 bits per heavy atom. The van der Waals surface area contributed by atoms with Crippen molar-refractivity contribution in [1.82, 2.24) is 23.9 Å². The number of hydrogen-bond acceptors (Lipinski definition) is 9. The summed E-state index contributed by atoms with van der Waals surface area (Å²) in [6, 6.07) is 18.0. The van der Waals surface area contributed by atoms with Gasteiger partial charge >= 0.3 is 6.03 Å². The van der Waals surface area contributed by atoms with Crippen LogP contribution in [0.4, 0.5) is 4.79 Å². The fourth-order valence-electron chi connectivity index (χ4n) is 7.54. The maximum absolute atomic E-state index is 15.2. The van der Waals surface area contributed by atoms with Crippen LogP contribution in [-0.2, 0) is 24.3 Å². The minimum absolute atomic E-state index is 0.0331. The second kappa shape index (κ2) is 19.8. The second-order valence-corrected chi connectivity index (χ2v) is 17.1. The molecule has 308 valence electrons. The van der Waals surface area contributed by atoms with Crippen molar-refractivity contribution in [3.05, 3.63) is 93.5 Å². The lowest BCUT2D eigenvalue weighted by Crippen LogP contribution is -2.55. The quantitative estimate of drug-likeness (QED) is 0.184. The van der Waals surface area contributed by atoms with Gasteiger partial charge in [-0.25, -0.2) is 13.2 Å². The summed E-state index contributed by atoms with van der Waals surface area (Å²) in [5.41, 5.74) is 2.00. The number of amides is 3. The van der Waals surface area contributed by atoms with Crippen LogP contribution in [0.25, 0.3) is 0 Å². The number of aliphatic imine (C=N–C) groups is 1. The average Bonchev–Trinajstić information content (AvgIpc) is 3.62. The molecule has 2 saturated heterocycles. The zero-order chi connectivity index (χ0) is 40.5. The number of carbonyl (C=O) groups excluding carboxylic acids is 2. The summed E-state index contributed by atoms with van der Waals surface area (Å²) < 4.78 is 46.2. The van der Waals surface area contributed by atoms with Crippen LogP contribution in [0.5, 0.6) is 5.75 Å². The van der Waals surface area contributed by atoms with Gasteiger partial charge in [-0.3, -0.25) is 19.6 Å². The Morgan fingerprint density at radius 2 is 1.40 bits per heavy atom. The molecule has 0 bridgehead atoms. The highest BCUT2D eigenvalue weighted by atomic mass is 35.5. The molecule has 0 unspecified atom stereocenters. The molecule has 6 rings (SSSR count). The van der Waals surface area contributed by atoms with Crippen molar-refractivity contribution in [3.63, 3.8) is 0 Å². The van der Waals surface area contributed by atoms with E-state index in [1.54, 1.807) is 71.4 Å². The number of sulfonamides is 1. The minimum Gasteiger partial charge on any atom is -0.493 e. The van der Waals surface area contributed by atoms with Crippen molar-refractivity contribution in [3.8, 4) is 5.75 Å². The number of rotatable bonds is 15. The third kappa shape index (κ3) is 10.1. The number of methoxy groups -OCH3 is 2. The molecule has 3 aromatic carbocycles. The number of benzene rings is 3. The van der Waals surface area contributed by atoms with E-state index in [1.165, 1.54) is 4.31 Å². The average molecular weight is 844 g/mol. The number of piperazine rings is 1. The topological polar surface area (TPSA) is 125 Å². The molecule has 2 fully saturated rings. The molecule has 3 aliphatic heterocycles. The molecular weight excluding hydrogens is 791 g/mol. The SMILES string of the molecule is CCOc1ccc(S(=O)(=O)N2CCCCC2)cc1C1=N[C@@H](c2ccc(Cl)cc2)[C@@H](c2ccc(Cl)cc2)N1C(=O)N1CCN(CC(=O)N(CCOC)CCOC)CC1. The zero-order valence-corrected chi connectivity index (χ0v) is 35.1. The summed E-state index contributed by atoms with van der Waals surface area (Å²) in [6.45, 7) is 6.66. The molecule has 13 nitrogen and oxygen atoms in total. The number of nitrogens with zero attached hydrogens (tertiary/aromatic N) is 6. The molecule has 3 heterocycles. The van der Waals surface area contributed by atoms with Crippen LogP contribution < -0.4 is 4.74 Å². The van der Waals surface area contributed by atoms with Gasteiger partial charge in [-0.2, -0.15) is 4.31 Å². The molecule has 0 N–H and O–H groups in total. The smallest absolute Gasteiger partial charge is 0.326 e. The van der Waals surface area contributed by atoms with Gasteiger partial charge in [0.2, 0.25) is 15.9 Å². The van der Waals surface area contributed by atoms with Crippen LogP contribution in [-0.4, -0.2) is 143 Å². The number of amidine groups is 1. The van der Waals surface area contributed by atoms with E-state index in [1.807, 2.05) is 36.1 Å². The van der Waals surface area contributed by atoms with Crippen LogP contribution in [0.2, 0.25) is 10.0 Å². The first kappa shape index (κ1) is 42.8. The van der Waals surface area contributed by atoms with Crippen molar-refractivity contribution in [1.29, 1.82) is 0 Å². The lowest BCUT2D eigenvalue weighted by atomic mass is 9.93. The first-order valence-electron chi connectivity index (χ1n) is 19.5. The summed E-state index contributed by atoms with van der Waals surface area (Å²) >= 11 is 12.7. The van der Waals surface area contributed by atoms with Crippen molar-refractivity contribution < 1.29 is 32.2 Å². The van der Waals surface area contributed by atoms with Gasteiger partial charge in [0.25, 0.3) is 0 Å². The van der Waals surface area contributed by atoms with Gasteiger partial charge in [-0.15, -0.1) is 0 Å². The Balaban J connectivity index is 1.38. The monoisotopic (exact) mass is 842 g/mol. The lowest BCUT2D eigenvalue weighted by Gasteiger charge is -2.39. The predicted molar refractivity (Wildman–Crippen MR) is 221 cm³/mol. The Labute approximate surface area is 346 Å². The zero-order valence-electron chi connectivity index (χ0n) is 32.8. The highest BCUT2D eigenvalue weighted by Gasteiger charge is 2.45. The van der Waals surface area contributed by atoms with Crippen molar-refractivity contribution >= 4 is 51.0 Å². The Morgan fingerprint density at radius 3 is 1.98 bits per heavy atom. The molecule has 3 aliphatic rings. The van der Waals surface area contributed by atoms with Gasteiger partial charge in [-0.1, -0.05) is 53.9 Å². The van der Waals surface area contributed by atoms with E-state index < -0.39 is 22.1 Å². The summed E-state index contributed by atoms with van der Waals surface area (Å²) in [4.78, 5) is 41.1. The third-order valence-corrected chi connectivity index (χ3v) is 13.0. The van der Waals surface area contributed by atoms with Crippen LogP contribution in [0.15, 0.2) is 76.6 Å². The first-order valence-corrected chi connectivity index (χ1v) is 21.7. The van der Waals surface area contributed by atoms with E-state index in [4.69, 9.17) is 42.4 Å². The predicted octanol–water partition coefficient (Wildman–Crippen LogP) is 5.97. The molecule has 3 amide bonds. The Bertz CT molecular complexity index is 1960. The fourth-order valence-corrected chi connectivity index (χ4v) is 9.34. The van der Waals surface area contributed by atoms with E-state index in [0.29, 0.717) is 99.4 Å². The Kier molecular flexibility index (Phi) is 14.9. The van der Waals surface area contributed by atoms with Gasteiger partial charge < -0.3 is 24.0 Å². The molecule has 16 heteroatoms. The number of halogens is 2. The van der Waals surface area contributed by atoms with Crippen LogP contribution in [0.1, 0.15) is 55.0 Å². The van der Waals surface area contributed by atoms with Crippen LogP contribution in [0.3, 0.4) is 0 Å². The molecule has 0 spiro atoms. The molecular formula is C41H52Cl2N6O7S. The molecule has 0 aromatic heterocycles. The molecule has 0 radical (unpaired) electrons. The number of urea groups is 1. The highest BCUT2D eigenvalue weighted by Crippen LogP contribution is 2.46. The van der Waals surface area contributed by atoms with E-state index in [0.717, 1.165) is 30.4 Å². The summed E-state index contributed by atoms with van der Waals surface area (Å²) in [5, 5.41) is 1.10. The van der Waals surface area contributed by atoms with Gasteiger partial charge in [0.15, 0.2) is 0 Å². The van der Waals surface area contributed by atoms with Gasteiger partial charge in [-0.05, 0) is 73.4 Å². The van der Waals surface area contributed by atoms with Crippen molar-refractivity contribution in [2.75, 3.05) is 92.9 Å². The largest absolute Gasteiger partial charge is 0.493 e. The maximum Gasteiger partial charge on any atom is 0.326 e. The fraction of sp³-hybridized carbons (Fsp3) is 0.488. The molecule has 3 aromatic rings. The standard InChI is InChI=1S/C41H52Cl2N6O7S/c1-4-56-36-17-16-34(57(52,53)48-18-6-5-7-19-48)28-35(36)40-44-38(30-8-12-32(42)13-9-30)39(31-10-14-33(43)15-11-31)49(40)41(51)47-22-20-45(21-23-47)29-37(50)46(24-26-54-2)25-27-55-3/h8-17,28,38-39H,4-7,18-27,29H2,1-3H3/t38-,39+/m0/s1. The first-order chi connectivity index (χ1) is 27.5. The van der Waals surface area contributed by atoms with Gasteiger partial charge in [0.1, 0.15) is 17.6 Å². The molecule has 57 heavy (non-hydrogen) atoms. The van der Waals surface area contributed by atoms with Crippen LogP contribution >= 0.6 is 23.2 Å². The number of ether oxygens (including phenoxy) is 3. The summed E-state index contributed by atoms with van der Waals surface area (Å²) in [5.74, 6) is 0.672. The highest BCUT2D eigenvalue weighted by molar-refractivity contribution is 7.89. The number of piperidine rings is 1. The van der Waals surface area contributed by atoms with Crippen molar-refractivity contribution in [2.45, 2.75) is 43.2 Å². The van der Waals surface area contributed by atoms with Crippen molar-refractivity contribution in [2.24, 2.45) is 4.99 Å². The maximum atomic E-state index is 15.2. The van der Waals surface area contributed by atoms with E-state index in [2.05, 4.69) is 0 Å². The van der Waals surface area contributed by atoms with Gasteiger partial charge in [0, 0.05) is 76.6 Å². The molecule has 0 aliphatic carbocycles. The summed E-state index contributed by atoms with van der Waals surface area (Å²) in [6.07, 6.45) is 2.58. The number of hydrogen-bond donors (Lipinski definition) is 0. The normalized spacial score (nSPS) is 19.4. The minimum atomic E-state index is -3.85. The lowest BCUT2D eigenvalue weighted by molar-refractivity contribution is -0.134. The molecule has 2 atom stereocenters.